The summed E-state index contributed by atoms with van der Waals surface area (Å²) in [7, 11) is 0. The molecule has 0 rings (SSSR count). The fourth-order valence-corrected chi connectivity index (χ4v) is 8.63. The smallest absolute Gasteiger partial charge is 0.305 e. The monoisotopic (exact) mass is 888 g/mol. The van der Waals surface area contributed by atoms with Gasteiger partial charge in [-0.15, -0.1) is 0 Å². The summed E-state index contributed by atoms with van der Waals surface area (Å²) in [6.07, 6.45) is 63.5. The van der Waals surface area contributed by atoms with Gasteiger partial charge in [0.05, 0.1) is 25.4 Å². The van der Waals surface area contributed by atoms with Gasteiger partial charge in [0.1, 0.15) is 0 Å². The Morgan fingerprint density at radius 3 is 1.13 bits per heavy atom. The van der Waals surface area contributed by atoms with E-state index < -0.39 is 12.1 Å². The Kier molecular flexibility index (Phi) is 51.6. The van der Waals surface area contributed by atoms with E-state index in [1.807, 2.05) is 6.08 Å². The van der Waals surface area contributed by atoms with Gasteiger partial charge in [0.15, 0.2) is 0 Å². The third-order valence-electron chi connectivity index (χ3n) is 13.0. The average molecular weight is 889 g/mol. The van der Waals surface area contributed by atoms with Gasteiger partial charge < -0.3 is 20.3 Å². The largest absolute Gasteiger partial charge is 0.466 e. The lowest BCUT2D eigenvalue weighted by Gasteiger charge is -2.20. The molecule has 0 bridgehead atoms. The molecule has 0 spiro atoms. The minimum absolute atomic E-state index is 0.00653. The van der Waals surface area contributed by atoms with Crippen molar-refractivity contribution in [2.75, 3.05) is 13.2 Å². The van der Waals surface area contributed by atoms with E-state index in [-0.39, 0.29) is 18.5 Å². The summed E-state index contributed by atoms with van der Waals surface area (Å²) >= 11 is 0. The van der Waals surface area contributed by atoms with Crippen LogP contribution in [-0.4, -0.2) is 47.4 Å². The van der Waals surface area contributed by atoms with Gasteiger partial charge in [-0.25, -0.2) is 0 Å². The summed E-state index contributed by atoms with van der Waals surface area (Å²) < 4.78 is 5.49. The zero-order chi connectivity index (χ0) is 45.8. The van der Waals surface area contributed by atoms with E-state index in [4.69, 9.17) is 4.74 Å². The number of hydrogen-bond acceptors (Lipinski definition) is 5. The second-order valence-corrected chi connectivity index (χ2v) is 19.3. The Balaban J connectivity index is 3.40. The van der Waals surface area contributed by atoms with Gasteiger partial charge in [-0.1, -0.05) is 256 Å². The highest BCUT2D eigenvalue weighted by Crippen LogP contribution is 2.16. The second-order valence-electron chi connectivity index (χ2n) is 19.3. The van der Waals surface area contributed by atoms with Crippen molar-refractivity contribution in [2.24, 2.45) is 0 Å². The van der Waals surface area contributed by atoms with Crippen LogP contribution in [0, 0.1) is 0 Å². The maximum absolute atomic E-state index is 12.4. The van der Waals surface area contributed by atoms with E-state index in [1.165, 1.54) is 218 Å². The molecule has 1 amide bonds. The van der Waals surface area contributed by atoms with Crippen molar-refractivity contribution in [3.63, 3.8) is 0 Å². The number of hydrogen-bond donors (Lipinski definition) is 3. The first-order valence-corrected chi connectivity index (χ1v) is 28.1. The number of aliphatic hydroxyl groups excluding tert-OH is 2. The number of carbonyl (C=O) groups excluding carboxylic acids is 2. The lowest BCUT2D eigenvalue weighted by atomic mass is 10.0. The molecular weight excluding hydrogens is 779 g/mol. The number of nitrogens with one attached hydrogen (secondary N) is 1. The van der Waals surface area contributed by atoms with Crippen LogP contribution in [0.4, 0.5) is 0 Å². The normalized spacial score (nSPS) is 12.8. The van der Waals surface area contributed by atoms with E-state index in [0.717, 1.165) is 57.8 Å². The molecular formula is C57H109NO5. The van der Waals surface area contributed by atoms with Gasteiger partial charge >= 0.3 is 5.97 Å². The molecule has 0 aromatic rings. The zero-order valence-electron chi connectivity index (χ0n) is 42.3. The summed E-state index contributed by atoms with van der Waals surface area (Å²) in [6, 6.07) is -0.635. The highest BCUT2D eigenvalue weighted by Gasteiger charge is 2.18. The third-order valence-corrected chi connectivity index (χ3v) is 13.0. The summed E-state index contributed by atoms with van der Waals surface area (Å²) in [5, 5.41) is 22.9. The molecule has 0 saturated carbocycles. The van der Waals surface area contributed by atoms with E-state index in [9.17, 15) is 19.8 Å². The Morgan fingerprint density at radius 2 is 0.746 bits per heavy atom. The molecule has 0 aromatic heterocycles. The first-order valence-electron chi connectivity index (χ1n) is 28.1. The average Bonchev–Trinajstić information content (AvgIpc) is 3.28. The molecule has 0 radical (unpaired) electrons. The molecule has 6 nitrogen and oxygen atoms in total. The highest BCUT2D eigenvalue weighted by atomic mass is 16.5. The predicted octanol–water partition coefficient (Wildman–Crippen LogP) is 17.1. The molecule has 0 aliphatic carbocycles. The molecule has 63 heavy (non-hydrogen) atoms. The number of ether oxygens (including phenoxy) is 1. The van der Waals surface area contributed by atoms with Crippen molar-refractivity contribution in [3.05, 3.63) is 24.3 Å². The van der Waals surface area contributed by atoms with Crippen LogP contribution in [0.3, 0.4) is 0 Å². The van der Waals surface area contributed by atoms with Crippen molar-refractivity contribution in [3.8, 4) is 0 Å². The third kappa shape index (κ3) is 49.6. The summed E-state index contributed by atoms with van der Waals surface area (Å²) in [6.45, 7) is 4.87. The van der Waals surface area contributed by atoms with Crippen LogP contribution in [0.25, 0.3) is 0 Å². The number of unbranched alkanes of at least 4 members (excludes halogenated alkanes) is 39. The molecule has 372 valence electrons. The fraction of sp³-hybridized carbons (Fsp3) is 0.895. The summed E-state index contributed by atoms with van der Waals surface area (Å²) in [5.74, 6) is -0.0782. The number of esters is 1. The maximum atomic E-state index is 12.4. The van der Waals surface area contributed by atoms with Crippen molar-refractivity contribution < 1.29 is 24.5 Å². The van der Waals surface area contributed by atoms with Gasteiger partial charge in [0.25, 0.3) is 0 Å². The minimum Gasteiger partial charge on any atom is -0.466 e. The number of allylic oxidation sites excluding steroid dienone is 3. The van der Waals surface area contributed by atoms with Crippen molar-refractivity contribution in [1.82, 2.24) is 5.32 Å². The van der Waals surface area contributed by atoms with Gasteiger partial charge in [-0.3, -0.25) is 9.59 Å². The number of rotatable bonds is 52. The molecule has 2 unspecified atom stereocenters. The van der Waals surface area contributed by atoms with Crippen LogP contribution in [0.1, 0.15) is 303 Å². The molecule has 6 heteroatoms. The molecule has 0 saturated heterocycles. The van der Waals surface area contributed by atoms with E-state index in [0.29, 0.717) is 19.4 Å². The van der Waals surface area contributed by atoms with Gasteiger partial charge in [-0.05, 0) is 57.8 Å². The van der Waals surface area contributed by atoms with Crippen LogP contribution in [0.15, 0.2) is 24.3 Å². The standard InChI is InChI=1S/C57H109NO5/c1-3-5-7-9-11-13-14-15-16-17-18-22-25-28-31-35-39-43-47-51-57(62)63-52-48-44-40-36-32-29-26-23-20-19-21-24-27-30-34-38-42-46-50-56(61)58-54(53-59)55(60)49-45-41-37-33-12-10-8-6-4-2/h21,24,45,49,54-55,59-60H,3-20,22-23,25-44,46-48,50-53H2,1-2H3,(H,58,61)/b24-21-,49-45+. The van der Waals surface area contributed by atoms with Crippen LogP contribution in [0.5, 0.6) is 0 Å². The Bertz CT molecular complexity index is 982. The summed E-state index contributed by atoms with van der Waals surface area (Å²) in [4.78, 5) is 24.4. The van der Waals surface area contributed by atoms with E-state index in [1.54, 1.807) is 6.08 Å². The molecule has 0 aliphatic rings. The first-order chi connectivity index (χ1) is 31.0. The zero-order valence-corrected chi connectivity index (χ0v) is 42.3. The quantitative estimate of drug-likeness (QED) is 0.0321. The van der Waals surface area contributed by atoms with Crippen molar-refractivity contribution in [2.45, 2.75) is 315 Å². The maximum Gasteiger partial charge on any atom is 0.305 e. The van der Waals surface area contributed by atoms with Gasteiger partial charge in [0.2, 0.25) is 5.91 Å². The minimum atomic E-state index is -0.850. The highest BCUT2D eigenvalue weighted by molar-refractivity contribution is 5.76. The molecule has 0 fully saturated rings. The van der Waals surface area contributed by atoms with Crippen LogP contribution in [-0.2, 0) is 14.3 Å². The second kappa shape index (κ2) is 53.0. The van der Waals surface area contributed by atoms with Crippen LogP contribution >= 0.6 is 0 Å². The molecule has 0 heterocycles. The van der Waals surface area contributed by atoms with Gasteiger partial charge in [0, 0.05) is 12.8 Å². The topological polar surface area (TPSA) is 95.9 Å². The first kappa shape index (κ1) is 61.3. The SMILES string of the molecule is CCCCCCCCC/C=C/C(O)C(CO)NC(=O)CCCCCCC/C=C\CCCCCCCCCCCOC(=O)CCCCCCCCCCCCCCCCCCCCC. The molecule has 0 aromatic carbocycles. The van der Waals surface area contributed by atoms with Gasteiger partial charge in [-0.2, -0.15) is 0 Å². The fourth-order valence-electron chi connectivity index (χ4n) is 8.63. The Hall–Kier alpha value is -1.66. The Morgan fingerprint density at radius 1 is 0.429 bits per heavy atom. The predicted molar refractivity (Wildman–Crippen MR) is 273 cm³/mol. The molecule has 0 aliphatic heterocycles. The number of amides is 1. The van der Waals surface area contributed by atoms with E-state index in [2.05, 4.69) is 31.3 Å². The van der Waals surface area contributed by atoms with Crippen LogP contribution < -0.4 is 5.32 Å². The molecule has 2 atom stereocenters. The Labute approximate surface area is 392 Å². The summed E-state index contributed by atoms with van der Waals surface area (Å²) in [5.41, 5.74) is 0. The lowest BCUT2D eigenvalue weighted by molar-refractivity contribution is -0.143. The van der Waals surface area contributed by atoms with Crippen molar-refractivity contribution in [1.29, 1.82) is 0 Å². The molecule has 3 N–H and O–H groups in total. The number of carbonyl (C=O) groups is 2. The van der Waals surface area contributed by atoms with Crippen molar-refractivity contribution >= 4 is 11.9 Å². The van der Waals surface area contributed by atoms with E-state index >= 15 is 0 Å². The van der Waals surface area contributed by atoms with Crippen LogP contribution in [0.2, 0.25) is 0 Å². The number of aliphatic hydroxyl groups is 2. The lowest BCUT2D eigenvalue weighted by Crippen LogP contribution is -2.45.